The van der Waals surface area contributed by atoms with Crippen LogP contribution in [0, 0.1) is 5.92 Å². The van der Waals surface area contributed by atoms with Gasteiger partial charge in [0.2, 0.25) is 11.8 Å². The molecule has 1 saturated heterocycles. The zero-order chi connectivity index (χ0) is 20.8. The Balaban J connectivity index is 1.61. The summed E-state index contributed by atoms with van der Waals surface area (Å²) >= 11 is 1.39. The third kappa shape index (κ3) is 5.74. The average Bonchev–Trinajstić information content (AvgIpc) is 3.15. The Kier molecular flexibility index (Phi) is 7.17. The highest BCUT2D eigenvalue weighted by Gasteiger charge is 2.20. The Hall–Kier alpha value is -2.51. The van der Waals surface area contributed by atoms with Crippen LogP contribution in [0.25, 0.3) is 6.08 Å². The van der Waals surface area contributed by atoms with Gasteiger partial charge in [0.15, 0.2) is 5.13 Å². The van der Waals surface area contributed by atoms with Crippen LogP contribution < -0.4 is 4.90 Å². The molecule has 0 unspecified atom stereocenters. The predicted molar refractivity (Wildman–Crippen MR) is 118 cm³/mol. The second-order valence-corrected chi connectivity index (χ2v) is 8.43. The molecule has 0 N–H and O–H groups in total. The van der Waals surface area contributed by atoms with E-state index in [1.54, 1.807) is 17.1 Å². The van der Waals surface area contributed by atoms with Gasteiger partial charge < -0.3 is 4.90 Å². The number of anilines is 2. The number of hydrogen-bond acceptors (Lipinski definition) is 5. The van der Waals surface area contributed by atoms with Gasteiger partial charge >= 0.3 is 0 Å². The van der Waals surface area contributed by atoms with Crippen molar-refractivity contribution < 1.29 is 9.59 Å². The summed E-state index contributed by atoms with van der Waals surface area (Å²) in [5.41, 5.74) is 1.46. The average molecular weight is 413 g/mol. The van der Waals surface area contributed by atoms with E-state index in [0.717, 1.165) is 38.4 Å². The Morgan fingerprint density at radius 1 is 1.17 bits per heavy atom. The molecule has 0 atom stereocenters. The Morgan fingerprint density at radius 3 is 2.48 bits per heavy atom. The van der Waals surface area contributed by atoms with Crippen molar-refractivity contribution in [2.45, 2.75) is 20.8 Å². The molecule has 1 aromatic carbocycles. The summed E-state index contributed by atoms with van der Waals surface area (Å²) < 4.78 is 0. The molecule has 154 valence electrons. The van der Waals surface area contributed by atoms with Gasteiger partial charge in [-0.2, -0.15) is 0 Å². The number of hydrogen-bond donors (Lipinski definition) is 0. The summed E-state index contributed by atoms with van der Waals surface area (Å²) in [6, 6.07) is 9.44. The highest BCUT2D eigenvalue weighted by Crippen LogP contribution is 2.29. The summed E-state index contributed by atoms with van der Waals surface area (Å²) in [5.74, 6) is 0.549. The second-order valence-electron chi connectivity index (χ2n) is 7.60. The Bertz CT molecular complexity index is 855. The molecule has 29 heavy (non-hydrogen) atoms. The van der Waals surface area contributed by atoms with Gasteiger partial charge in [-0.05, 0) is 24.1 Å². The molecule has 0 bridgehead atoms. The van der Waals surface area contributed by atoms with Crippen molar-refractivity contribution in [2.24, 2.45) is 5.92 Å². The fourth-order valence-electron chi connectivity index (χ4n) is 3.39. The van der Waals surface area contributed by atoms with Crippen molar-refractivity contribution >= 4 is 40.0 Å². The lowest BCUT2D eigenvalue weighted by molar-refractivity contribution is -0.127. The molecule has 7 heteroatoms. The molecule has 1 aliphatic heterocycles. The lowest BCUT2D eigenvalue weighted by Gasteiger charge is -2.35. The van der Waals surface area contributed by atoms with Gasteiger partial charge in [0, 0.05) is 51.1 Å². The molecule has 0 saturated carbocycles. The number of thiazole rings is 1. The molecular weight excluding hydrogens is 384 g/mol. The summed E-state index contributed by atoms with van der Waals surface area (Å²) in [4.78, 5) is 35.0. The van der Waals surface area contributed by atoms with Gasteiger partial charge in [-0.3, -0.25) is 19.4 Å². The lowest BCUT2D eigenvalue weighted by atomic mass is 10.2. The summed E-state index contributed by atoms with van der Waals surface area (Å²) in [5, 5.41) is 2.46. The van der Waals surface area contributed by atoms with Gasteiger partial charge in [-0.15, -0.1) is 11.3 Å². The van der Waals surface area contributed by atoms with E-state index in [1.165, 1.54) is 18.3 Å². The molecule has 1 aromatic heterocycles. The normalized spacial score (nSPS) is 15.2. The van der Waals surface area contributed by atoms with Crippen molar-refractivity contribution in [1.29, 1.82) is 0 Å². The van der Waals surface area contributed by atoms with Crippen LogP contribution >= 0.6 is 11.3 Å². The van der Waals surface area contributed by atoms with Crippen LogP contribution in [0.2, 0.25) is 0 Å². The number of nitrogens with zero attached hydrogens (tertiary/aromatic N) is 4. The van der Waals surface area contributed by atoms with Crippen molar-refractivity contribution in [1.82, 2.24) is 14.8 Å². The number of benzene rings is 1. The van der Waals surface area contributed by atoms with E-state index >= 15 is 0 Å². The SMILES string of the molecule is CC(=O)N(c1ccccc1)c1nc(/C=C/C(=O)N2CCN(CC(C)C)CC2)cs1. The Labute approximate surface area is 176 Å². The summed E-state index contributed by atoms with van der Waals surface area (Å²) in [6.07, 6.45) is 3.31. The number of aromatic nitrogens is 1. The molecule has 0 spiro atoms. The molecule has 2 heterocycles. The van der Waals surface area contributed by atoms with Gasteiger partial charge in [-0.25, -0.2) is 4.98 Å². The third-order valence-electron chi connectivity index (χ3n) is 4.73. The zero-order valence-electron chi connectivity index (χ0n) is 17.2. The van der Waals surface area contributed by atoms with Crippen LogP contribution in [-0.2, 0) is 9.59 Å². The Morgan fingerprint density at radius 2 is 1.86 bits per heavy atom. The van der Waals surface area contributed by atoms with Crippen LogP contribution in [0.4, 0.5) is 10.8 Å². The minimum Gasteiger partial charge on any atom is -0.337 e. The highest BCUT2D eigenvalue weighted by molar-refractivity contribution is 7.14. The summed E-state index contributed by atoms with van der Waals surface area (Å²) in [7, 11) is 0. The quantitative estimate of drug-likeness (QED) is 0.680. The molecular formula is C22H28N4O2S. The number of rotatable bonds is 6. The first-order valence-corrected chi connectivity index (χ1v) is 10.8. The number of piperazine rings is 1. The number of amides is 2. The van der Waals surface area contributed by atoms with E-state index in [4.69, 9.17) is 0 Å². The third-order valence-corrected chi connectivity index (χ3v) is 5.58. The van der Waals surface area contributed by atoms with Crippen molar-refractivity contribution in [3.8, 4) is 0 Å². The predicted octanol–water partition coefficient (Wildman–Crippen LogP) is 3.64. The first-order chi connectivity index (χ1) is 13.9. The second kappa shape index (κ2) is 9.80. The minimum atomic E-state index is -0.101. The summed E-state index contributed by atoms with van der Waals surface area (Å²) in [6.45, 7) is 10.4. The van der Waals surface area contributed by atoms with E-state index < -0.39 is 0 Å². The maximum atomic E-state index is 12.5. The number of carbonyl (C=O) groups is 2. The molecule has 2 aromatic rings. The fraction of sp³-hybridized carbons (Fsp3) is 0.409. The standard InChI is InChI=1S/C22H28N4O2S/c1-17(2)15-24-11-13-25(14-12-24)21(28)10-9-19-16-29-22(23-19)26(18(3)27)20-7-5-4-6-8-20/h4-10,16-17H,11-15H2,1-3H3/b10-9+. The largest absolute Gasteiger partial charge is 0.337 e. The van der Waals surface area contributed by atoms with Gasteiger partial charge in [0.1, 0.15) is 0 Å². The van der Waals surface area contributed by atoms with E-state index in [2.05, 4.69) is 23.7 Å². The highest BCUT2D eigenvalue weighted by atomic mass is 32.1. The van der Waals surface area contributed by atoms with Crippen molar-refractivity contribution in [2.75, 3.05) is 37.6 Å². The minimum absolute atomic E-state index is 0.00947. The van der Waals surface area contributed by atoms with Gasteiger partial charge in [-0.1, -0.05) is 32.0 Å². The van der Waals surface area contributed by atoms with E-state index in [1.807, 2.05) is 40.6 Å². The molecule has 0 radical (unpaired) electrons. The van der Waals surface area contributed by atoms with Crippen molar-refractivity contribution in [3.63, 3.8) is 0 Å². The van der Waals surface area contributed by atoms with Crippen LogP contribution in [0.15, 0.2) is 41.8 Å². The molecule has 1 aliphatic rings. The van der Waals surface area contributed by atoms with Gasteiger partial charge in [0.25, 0.3) is 0 Å². The van der Waals surface area contributed by atoms with Crippen molar-refractivity contribution in [3.05, 3.63) is 47.5 Å². The molecule has 6 nitrogen and oxygen atoms in total. The van der Waals surface area contributed by atoms with E-state index in [0.29, 0.717) is 16.7 Å². The molecule has 1 fully saturated rings. The van der Waals surface area contributed by atoms with Gasteiger partial charge in [0.05, 0.1) is 11.4 Å². The van der Waals surface area contributed by atoms with Crippen LogP contribution in [0.1, 0.15) is 26.5 Å². The van der Waals surface area contributed by atoms with E-state index in [9.17, 15) is 9.59 Å². The van der Waals surface area contributed by atoms with Crippen LogP contribution in [0.3, 0.4) is 0 Å². The van der Waals surface area contributed by atoms with E-state index in [-0.39, 0.29) is 11.8 Å². The maximum Gasteiger partial charge on any atom is 0.246 e. The monoisotopic (exact) mass is 412 g/mol. The molecule has 0 aliphatic carbocycles. The topological polar surface area (TPSA) is 56.8 Å². The number of carbonyl (C=O) groups excluding carboxylic acids is 2. The molecule has 3 rings (SSSR count). The first kappa shape index (κ1) is 21.2. The first-order valence-electron chi connectivity index (χ1n) is 9.94. The zero-order valence-corrected chi connectivity index (χ0v) is 18.1. The van der Waals surface area contributed by atoms with Crippen LogP contribution in [-0.4, -0.2) is 59.3 Å². The number of para-hydroxylation sites is 1. The lowest BCUT2D eigenvalue weighted by Crippen LogP contribution is -2.49. The molecule has 2 amide bonds. The maximum absolute atomic E-state index is 12.5. The van der Waals surface area contributed by atoms with Crippen LogP contribution in [0.5, 0.6) is 0 Å². The fourth-order valence-corrected chi connectivity index (χ4v) is 4.24. The smallest absolute Gasteiger partial charge is 0.246 e.